The third-order valence-electron chi connectivity index (χ3n) is 5.55. The molecule has 0 atom stereocenters. The van der Waals surface area contributed by atoms with Crippen LogP contribution in [0, 0.1) is 25.2 Å². The number of hydrogen-bond acceptors (Lipinski definition) is 2. The van der Waals surface area contributed by atoms with E-state index < -0.39 is 5.91 Å². The van der Waals surface area contributed by atoms with E-state index in [-0.39, 0.29) is 5.57 Å². The van der Waals surface area contributed by atoms with Crippen molar-refractivity contribution < 1.29 is 4.79 Å². The standard InChI is InChI=1S/C27H22ClN3O/c1-18-11-12-23(13-19(18)2)30-27(32)21(15-29)14-22-17-31(26-10-6-4-8-24(22)26)16-20-7-3-5-9-25(20)28/h3-14,17H,16H2,1-2H3,(H,30,32)/b21-14+. The van der Waals surface area contributed by atoms with Crippen molar-refractivity contribution >= 4 is 40.2 Å². The maximum Gasteiger partial charge on any atom is 0.266 e. The van der Waals surface area contributed by atoms with Crippen LogP contribution in [0.4, 0.5) is 5.69 Å². The van der Waals surface area contributed by atoms with Crippen LogP contribution >= 0.6 is 11.6 Å². The molecule has 0 unspecified atom stereocenters. The van der Waals surface area contributed by atoms with Gasteiger partial charge in [-0.25, -0.2) is 0 Å². The van der Waals surface area contributed by atoms with Gasteiger partial charge in [-0.1, -0.05) is 54.1 Å². The SMILES string of the molecule is Cc1ccc(NC(=O)/C(C#N)=C/c2cn(Cc3ccccc3Cl)c3ccccc23)cc1C. The van der Waals surface area contributed by atoms with Crippen LogP contribution in [0.5, 0.6) is 0 Å². The molecule has 32 heavy (non-hydrogen) atoms. The van der Waals surface area contributed by atoms with Gasteiger partial charge in [-0.3, -0.25) is 4.79 Å². The molecule has 1 heterocycles. The summed E-state index contributed by atoms with van der Waals surface area (Å²) in [5, 5.41) is 14.2. The van der Waals surface area contributed by atoms with E-state index in [9.17, 15) is 10.1 Å². The molecule has 4 rings (SSSR count). The first kappa shape index (κ1) is 21.4. The van der Waals surface area contributed by atoms with Crippen LogP contribution in [0.15, 0.2) is 78.5 Å². The molecule has 0 bridgehead atoms. The minimum Gasteiger partial charge on any atom is -0.342 e. The molecule has 0 saturated heterocycles. The molecule has 4 nitrogen and oxygen atoms in total. The van der Waals surface area contributed by atoms with Crippen LogP contribution in [0.2, 0.25) is 5.02 Å². The maximum atomic E-state index is 12.8. The molecule has 5 heteroatoms. The van der Waals surface area contributed by atoms with Crippen molar-refractivity contribution in [3.05, 3.63) is 106 Å². The summed E-state index contributed by atoms with van der Waals surface area (Å²) < 4.78 is 2.08. The maximum absolute atomic E-state index is 12.8. The van der Waals surface area contributed by atoms with E-state index in [1.807, 2.05) is 92.8 Å². The van der Waals surface area contributed by atoms with E-state index in [4.69, 9.17) is 11.6 Å². The van der Waals surface area contributed by atoms with Crippen LogP contribution in [0.3, 0.4) is 0 Å². The number of anilines is 1. The van der Waals surface area contributed by atoms with Crippen molar-refractivity contribution in [2.24, 2.45) is 0 Å². The van der Waals surface area contributed by atoms with Gasteiger partial charge in [0.05, 0.1) is 0 Å². The molecular weight excluding hydrogens is 418 g/mol. The number of para-hydroxylation sites is 1. The summed E-state index contributed by atoms with van der Waals surface area (Å²) in [7, 11) is 0. The number of nitrogens with zero attached hydrogens (tertiary/aromatic N) is 2. The van der Waals surface area contributed by atoms with Gasteiger partial charge in [-0.2, -0.15) is 5.26 Å². The van der Waals surface area contributed by atoms with E-state index in [1.54, 1.807) is 6.08 Å². The summed E-state index contributed by atoms with van der Waals surface area (Å²) in [6, 6.07) is 23.4. The topological polar surface area (TPSA) is 57.8 Å². The molecule has 0 spiro atoms. The molecule has 1 amide bonds. The third kappa shape index (κ3) is 4.44. The molecule has 0 saturated carbocycles. The highest BCUT2D eigenvalue weighted by Gasteiger charge is 2.14. The van der Waals surface area contributed by atoms with Gasteiger partial charge < -0.3 is 9.88 Å². The highest BCUT2D eigenvalue weighted by molar-refractivity contribution is 6.31. The molecule has 158 valence electrons. The van der Waals surface area contributed by atoms with Crippen LogP contribution in [-0.4, -0.2) is 10.5 Å². The number of hydrogen-bond donors (Lipinski definition) is 1. The highest BCUT2D eigenvalue weighted by Crippen LogP contribution is 2.26. The normalized spacial score (nSPS) is 11.4. The van der Waals surface area contributed by atoms with Crippen molar-refractivity contribution in [1.82, 2.24) is 4.57 Å². The zero-order chi connectivity index (χ0) is 22.7. The van der Waals surface area contributed by atoms with Crippen LogP contribution in [0.1, 0.15) is 22.3 Å². The lowest BCUT2D eigenvalue weighted by atomic mass is 10.1. The van der Waals surface area contributed by atoms with Gasteiger partial charge in [0.2, 0.25) is 0 Å². The Morgan fingerprint density at radius 2 is 1.81 bits per heavy atom. The quantitative estimate of drug-likeness (QED) is 0.285. The minimum absolute atomic E-state index is 0.0453. The molecule has 0 aliphatic carbocycles. The highest BCUT2D eigenvalue weighted by atomic mass is 35.5. The number of amides is 1. The van der Waals surface area contributed by atoms with Crippen molar-refractivity contribution in [2.45, 2.75) is 20.4 Å². The fourth-order valence-electron chi connectivity index (χ4n) is 3.65. The van der Waals surface area contributed by atoms with Gasteiger partial charge in [0.1, 0.15) is 11.6 Å². The second kappa shape index (κ2) is 9.13. The number of benzene rings is 3. The van der Waals surface area contributed by atoms with Gasteiger partial charge >= 0.3 is 0 Å². The molecule has 0 fully saturated rings. The minimum atomic E-state index is -0.432. The lowest BCUT2D eigenvalue weighted by Gasteiger charge is -2.07. The first-order valence-electron chi connectivity index (χ1n) is 10.3. The average molecular weight is 440 g/mol. The Bertz CT molecular complexity index is 1390. The molecule has 0 aliphatic rings. The van der Waals surface area contributed by atoms with E-state index in [1.165, 1.54) is 0 Å². The lowest BCUT2D eigenvalue weighted by molar-refractivity contribution is -0.112. The zero-order valence-corrected chi connectivity index (χ0v) is 18.6. The Morgan fingerprint density at radius 1 is 1.06 bits per heavy atom. The van der Waals surface area contributed by atoms with E-state index in [0.717, 1.165) is 33.2 Å². The second-order valence-corrected chi connectivity index (χ2v) is 8.15. The zero-order valence-electron chi connectivity index (χ0n) is 17.9. The van der Waals surface area contributed by atoms with Gasteiger partial charge in [-0.05, 0) is 60.9 Å². The Hall–Kier alpha value is -3.81. The first-order chi connectivity index (χ1) is 15.5. The molecule has 1 N–H and O–H groups in total. The molecule has 0 aliphatic heterocycles. The van der Waals surface area contributed by atoms with Crippen molar-refractivity contribution in [3.63, 3.8) is 0 Å². The summed E-state index contributed by atoms with van der Waals surface area (Å²) in [6.45, 7) is 4.59. The monoisotopic (exact) mass is 439 g/mol. The third-order valence-corrected chi connectivity index (χ3v) is 5.92. The number of carbonyl (C=O) groups excluding carboxylic acids is 1. The van der Waals surface area contributed by atoms with E-state index >= 15 is 0 Å². The summed E-state index contributed by atoms with van der Waals surface area (Å²) in [4.78, 5) is 12.8. The number of fused-ring (bicyclic) bond motifs is 1. The number of aromatic nitrogens is 1. The summed E-state index contributed by atoms with van der Waals surface area (Å²) >= 11 is 6.36. The lowest BCUT2D eigenvalue weighted by Crippen LogP contribution is -2.13. The number of nitrogens with one attached hydrogen (secondary N) is 1. The van der Waals surface area contributed by atoms with Crippen LogP contribution in [0.25, 0.3) is 17.0 Å². The fraction of sp³-hybridized carbons (Fsp3) is 0.111. The summed E-state index contributed by atoms with van der Waals surface area (Å²) in [5.74, 6) is -0.432. The molecule has 4 aromatic rings. The van der Waals surface area contributed by atoms with Crippen LogP contribution in [-0.2, 0) is 11.3 Å². The molecular formula is C27H22ClN3O. The molecule has 1 aromatic heterocycles. The van der Waals surface area contributed by atoms with Gasteiger partial charge in [0.25, 0.3) is 5.91 Å². The van der Waals surface area contributed by atoms with Gasteiger partial charge in [-0.15, -0.1) is 0 Å². The van der Waals surface area contributed by atoms with Crippen LogP contribution < -0.4 is 5.32 Å². The molecule has 0 radical (unpaired) electrons. The van der Waals surface area contributed by atoms with Gasteiger partial charge in [0, 0.05) is 39.9 Å². The fourth-order valence-corrected chi connectivity index (χ4v) is 3.85. The first-order valence-corrected chi connectivity index (χ1v) is 10.7. The smallest absolute Gasteiger partial charge is 0.266 e. The Kier molecular flexibility index (Phi) is 6.11. The Labute approximate surface area is 192 Å². The average Bonchev–Trinajstić information content (AvgIpc) is 3.13. The number of nitriles is 1. The predicted molar refractivity (Wildman–Crippen MR) is 131 cm³/mol. The van der Waals surface area contributed by atoms with Crippen molar-refractivity contribution in [1.29, 1.82) is 5.26 Å². The molecule has 3 aromatic carbocycles. The number of rotatable bonds is 5. The number of carbonyl (C=O) groups is 1. The predicted octanol–water partition coefficient (Wildman–Crippen LogP) is 6.51. The number of aryl methyl sites for hydroxylation is 2. The Morgan fingerprint density at radius 3 is 2.56 bits per heavy atom. The van der Waals surface area contributed by atoms with Crippen molar-refractivity contribution in [2.75, 3.05) is 5.32 Å². The summed E-state index contributed by atoms with van der Waals surface area (Å²) in [5.41, 5.74) is 5.74. The number of halogens is 1. The summed E-state index contributed by atoms with van der Waals surface area (Å²) in [6.07, 6.45) is 3.59. The van der Waals surface area contributed by atoms with E-state index in [2.05, 4.69) is 9.88 Å². The van der Waals surface area contributed by atoms with E-state index in [0.29, 0.717) is 17.3 Å². The largest absolute Gasteiger partial charge is 0.342 e. The Balaban J connectivity index is 1.68. The van der Waals surface area contributed by atoms with Gasteiger partial charge in [0.15, 0.2) is 0 Å². The van der Waals surface area contributed by atoms with Crippen molar-refractivity contribution in [3.8, 4) is 6.07 Å². The second-order valence-electron chi connectivity index (χ2n) is 7.74.